The van der Waals surface area contributed by atoms with Gasteiger partial charge in [-0.1, -0.05) is 18.2 Å². The van der Waals surface area contributed by atoms with Crippen LogP contribution in [0.3, 0.4) is 0 Å². The fraction of sp³-hybridized carbons (Fsp3) is 0.458. The van der Waals surface area contributed by atoms with Crippen LogP contribution in [0, 0.1) is 5.92 Å². The lowest BCUT2D eigenvalue weighted by Gasteiger charge is -2.32. The molecule has 3 rings (SSSR count). The third kappa shape index (κ3) is 6.13. The standard InChI is InChI=1S/C24H32N2O4/c1-29-21-11-10-19(23(14-21)30-2)15-25-24(28)12-9-18-6-5-13-26(16-18)17-20-7-3-4-8-22(20)27/h3-4,7-8,10-11,14,18,27H,5-6,9,12-13,15-17H2,1-2H3,(H,25,28)/t18-/m1/s1. The van der Waals surface area contributed by atoms with Crippen molar-refractivity contribution < 1.29 is 19.4 Å². The van der Waals surface area contributed by atoms with Crippen molar-refractivity contribution in [3.05, 3.63) is 53.6 Å². The fourth-order valence-corrected chi connectivity index (χ4v) is 4.03. The van der Waals surface area contributed by atoms with E-state index in [-0.39, 0.29) is 5.91 Å². The number of aromatic hydroxyl groups is 1. The maximum Gasteiger partial charge on any atom is 0.220 e. The van der Waals surface area contributed by atoms with Gasteiger partial charge < -0.3 is 19.9 Å². The molecule has 1 heterocycles. The number of ether oxygens (including phenoxy) is 2. The lowest BCUT2D eigenvalue weighted by molar-refractivity contribution is -0.121. The third-order valence-corrected chi connectivity index (χ3v) is 5.74. The van der Waals surface area contributed by atoms with Gasteiger partial charge in [-0.25, -0.2) is 0 Å². The van der Waals surface area contributed by atoms with Gasteiger partial charge in [-0.2, -0.15) is 0 Å². The van der Waals surface area contributed by atoms with Gasteiger partial charge >= 0.3 is 0 Å². The molecule has 0 aliphatic carbocycles. The van der Waals surface area contributed by atoms with Gasteiger partial charge in [0, 0.05) is 43.2 Å². The quantitative estimate of drug-likeness (QED) is 0.657. The minimum absolute atomic E-state index is 0.0608. The molecule has 6 heteroatoms. The Bertz CT molecular complexity index is 840. The van der Waals surface area contributed by atoms with Gasteiger partial charge in [-0.05, 0) is 49.9 Å². The number of likely N-dealkylation sites (tertiary alicyclic amines) is 1. The molecule has 0 aromatic heterocycles. The van der Waals surface area contributed by atoms with Crippen molar-refractivity contribution in [2.75, 3.05) is 27.3 Å². The van der Waals surface area contributed by atoms with Crippen molar-refractivity contribution in [1.82, 2.24) is 10.2 Å². The Balaban J connectivity index is 1.44. The van der Waals surface area contributed by atoms with E-state index in [2.05, 4.69) is 10.2 Å². The Labute approximate surface area is 178 Å². The number of carbonyl (C=O) groups excluding carboxylic acids is 1. The minimum atomic E-state index is 0.0608. The van der Waals surface area contributed by atoms with Crippen molar-refractivity contribution in [2.24, 2.45) is 5.92 Å². The maximum atomic E-state index is 12.4. The normalized spacial score (nSPS) is 16.8. The summed E-state index contributed by atoms with van der Waals surface area (Å²) in [6.45, 7) is 3.20. The van der Waals surface area contributed by atoms with Crippen molar-refractivity contribution in [3.63, 3.8) is 0 Å². The highest BCUT2D eigenvalue weighted by Gasteiger charge is 2.21. The number of piperidine rings is 1. The molecule has 30 heavy (non-hydrogen) atoms. The monoisotopic (exact) mass is 412 g/mol. The Morgan fingerprint density at radius 3 is 2.77 bits per heavy atom. The molecule has 1 saturated heterocycles. The molecule has 162 valence electrons. The van der Waals surface area contributed by atoms with E-state index < -0.39 is 0 Å². The van der Waals surface area contributed by atoms with Crippen LogP contribution in [-0.2, 0) is 17.9 Å². The second kappa shape index (κ2) is 10.9. The van der Waals surface area contributed by atoms with Gasteiger partial charge in [0.05, 0.1) is 14.2 Å². The van der Waals surface area contributed by atoms with Crippen LogP contribution < -0.4 is 14.8 Å². The average Bonchev–Trinajstić information content (AvgIpc) is 2.78. The highest BCUT2D eigenvalue weighted by atomic mass is 16.5. The molecule has 1 aliphatic rings. The van der Waals surface area contributed by atoms with E-state index in [9.17, 15) is 9.90 Å². The molecule has 0 radical (unpaired) electrons. The smallest absolute Gasteiger partial charge is 0.220 e. The first kappa shape index (κ1) is 22.0. The predicted molar refractivity (Wildman–Crippen MR) is 117 cm³/mol. The Hall–Kier alpha value is -2.73. The summed E-state index contributed by atoms with van der Waals surface area (Å²) in [7, 11) is 3.23. The molecule has 0 saturated carbocycles. The van der Waals surface area contributed by atoms with Crippen molar-refractivity contribution in [3.8, 4) is 17.2 Å². The van der Waals surface area contributed by atoms with E-state index >= 15 is 0 Å². The highest BCUT2D eigenvalue weighted by Crippen LogP contribution is 2.26. The molecule has 2 aromatic rings. The Kier molecular flexibility index (Phi) is 7.97. The predicted octanol–water partition coefficient (Wildman–Crippen LogP) is 3.72. The SMILES string of the molecule is COc1ccc(CNC(=O)CC[C@H]2CCCN(Cc3ccccc3O)C2)c(OC)c1. The molecule has 2 aromatic carbocycles. The molecule has 1 amide bonds. The van der Waals surface area contributed by atoms with Gasteiger partial charge in [-0.15, -0.1) is 0 Å². The minimum Gasteiger partial charge on any atom is -0.508 e. The van der Waals surface area contributed by atoms with Crippen LogP contribution in [0.2, 0.25) is 0 Å². The number of benzene rings is 2. The molecule has 1 fully saturated rings. The number of para-hydroxylation sites is 1. The van der Waals surface area contributed by atoms with Crippen LogP contribution in [0.1, 0.15) is 36.8 Å². The summed E-state index contributed by atoms with van der Waals surface area (Å²) in [5, 5.41) is 13.0. The van der Waals surface area contributed by atoms with E-state index in [0.717, 1.165) is 55.8 Å². The summed E-state index contributed by atoms with van der Waals surface area (Å²) in [4.78, 5) is 14.8. The average molecular weight is 413 g/mol. The second-order valence-corrected chi connectivity index (χ2v) is 7.87. The van der Waals surface area contributed by atoms with Crippen LogP contribution in [0.15, 0.2) is 42.5 Å². The van der Waals surface area contributed by atoms with Gasteiger partial charge in [-0.3, -0.25) is 9.69 Å². The summed E-state index contributed by atoms with van der Waals surface area (Å²) in [6.07, 6.45) is 3.68. The second-order valence-electron chi connectivity index (χ2n) is 7.87. The zero-order valence-corrected chi connectivity index (χ0v) is 17.9. The largest absolute Gasteiger partial charge is 0.508 e. The van der Waals surface area contributed by atoms with E-state index in [0.29, 0.717) is 30.4 Å². The molecule has 1 atom stereocenters. The van der Waals surface area contributed by atoms with Crippen molar-refractivity contribution in [1.29, 1.82) is 0 Å². The van der Waals surface area contributed by atoms with E-state index in [1.54, 1.807) is 20.3 Å². The zero-order valence-electron chi connectivity index (χ0n) is 17.9. The van der Waals surface area contributed by atoms with Gasteiger partial charge in [0.15, 0.2) is 0 Å². The summed E-state index contributed by atoms with van der Waals surface area (Å²) >= 11 is 0. The first-order valence-electron chi connectivity index (χ1n) is 10.6. The zero-order chi connectivity index (χ0) is 21.3. The number of amides is 1. The molecule has 0 bridgehead atoms. The van der Waals surface area contributed by atoms with Crippen molar-refractivity contribution >= 4 is 5.91 Å². The molecule has 6 nitrogen and oxygen atoms in total. The molecule has 0 spiro atoms. The fourth-order valence-electron chi connectivity index (χ4n) is 4.03. The van der Waals surface area contributed by atoms with Gasteiger partial charge in [0.2, 0.25) is 5.91 Å². The Morgan fingerprint density at radius 2 is 2.00 bits per heavy atom. The first-order valence-corrected chi connectivity index (χ1v) is 10.6. The summed E-state index contributed by atoms with van der Waals surface area (Å²) < 4.78 is 10.6. The Morgan fingerprint density at radius 1 is 1.17 bits per heavy atom. The van der Waals surface area contributed by atoms with E-state index in [1.165, 1.54) is 0 Å². The number of nitrogens with one attached hydrogen (secondary N) is 1. The summed E-state index contributed by atoms with van der Waals surface area (Å²) in [5.74, 6) is 2.36. The first-order chi connectivity index (χ1) is 14.6. The number of hydrogen-bond donors (Lipinski definition) is 2. The lowest BCUT2D eigenvalue weighted by Crippen LogP contribution is -2.35. The van der Waals surface area contributed by atoms with Crippen LogP contribution in [0.5, 0.6) is 17.2 Å². The van der Waals surface area contributed by atoms with Crippen molar-refractivity contribution in [2.45, 2.75) is 38.8 Å². The number of phenols is 1. The molecule has 0 unspecified atom stereocenters. The molecule has 2 N–H and O–H groups in total. The highest BCUT2D eigenvalue weighted by molar-refractivity contribution is 5.75. The van der Waals surface area contributed by atoms with Crippen LogP contribution in [0.4, 0.5) is 0 Å². The number of methoxy groups -OCH3 is 2. The summed E-state index contributed by atoms with van der Waals surface area (Å²) in [6, 6.07) is 13.1. The van der Waals surface area contributed by atoms with Crippen LogP contribution in [0.25, 0.3) is 0 Å². The maximum absolute atomic E-state index is 12.4. The number of hydrogen-bond acceptors (Lipinski definition) is 5. The van der Waals surface area contributed by atoms with E-state index in [1.807, 2.05) is 36.4 Å². The lowest BCUT2D eigenvalue weighted by atomic mass is 9.93. The number of rotatable bonds is 9. The van der Waals surface area contributed by atoms with Crippen LogP contribution >= 0.6 is 0 Å². The molecular formula is C24H32N2O4. The number of nitrogens with zero attached hydrogens (tertiary/aromatic N) is 1. The number of phenolic OH excluding ortho intramolecular Hbond substituents is 1. The van der Waals surface area contributed by atoms with Gasteiger partial charge in [0.1, 0.15) is 17.2 Å². The number of carbonyl (C=O) groups is 1. The third-order valence-electron chi connectivity index (χ3n) is 5.74. The van der Waals surface area contributed by atoms with Gasteiger partial charge in [0.25, 0.3) is 0 Å². The molecular weight excluding hydrogens is 380 g/mol. The van der Waals surface area contributed by atoms with E-state index in [4.69, 9.17) is 9.47 Å². The summed E-state index contributed by atoms with van der Waals surface area (Å²) in [5.41, 5.74) is 1.89. The topological polar surface area (TPSA) is 71.0 Å². The molecule has 1 aliphatic heterocycles. The van der Waals surface area contributed by atoms with Crippen LogP contribution in [-0.4, -0.2) is 43.2 Å².